The van der Waals surface area contributed by atoms with E-state index in [9.17, 15) is 0 Å². The second kappa shape index (κ2) is 4.70. The first-order chi connectivity index (χ1) is 6.31. The van der Waals surface area contributed by atoms with E-state index >= 15 is 0 Å². The monoisotopic (exact) mass is 176 g/mol. The third-order valence-electron chi connectivity index (χ3n) is 2.27. The predicted molar refractivity (Wildman–Crippen MR) is 56.2 cm³/mol. The highest BCUT2D eigenvalue weighted by Crippen LogP contribution is 2.22. The van der Waals surface area contributed by atoms with E-state index in [1.807, 2.05) is 18.2 Å². The summed E-state index contributed by atoms with van der Waals surface area (Å²) in [6.07, 6.45) is 3.08. The zero-order chi connectivity index (χ0) is 9.68. The van der Waals surface area contributed by atoms with Gasteiger partial charge >= 0.3 is 0 Å². The molecule has 1 aromatic rings. The molecule has 13 heavy (non-hydrogen) atoms. The van der Waals surface area contributed by atoms with E-state index in [0.29, 0.717) is 5.92 Å². The van der Waals surface area contributed by atoms with E-state index in [4.69, 9.17) is 4.74 Å². The SMILES string of the molecule is C=CC(CC)c1ccc(OC)cc1. The Morgan fingerprint density at radius 3 is 2.38 bits per heavy atom. The van der Waals surface area contributed by atoms with Gasteiger partial charge in [-0.2, -0.15) is 0 Å². The van der Waals surface area contributed by atoms with Crippen LogP contribution in [0.5, 0.6) is 5.75 Å². The first kappa shape index (κ1) is 9.85. The second-order valence-electron chi connectivity index (χ2n) is 3.02. The van der Waals surface area contributed by atoms with Gasteiger partial charge in [-0.25, -0.2) is 0 Å². The highest BCUT2D eigenvalue weighted by Gasteiger charge is 2.03. The lowest BCUT2D eigenvalue weighted by Gasteiger charge is -2.10. The third kappa shape index (κ3) is 2.35. The van der Waals surface area contributed by atoms with Crippen molar-refractivity contribution < 1.29 is 4.74 Å². The maximum absolute atomic E-state index is 5.09. The Balaban J connectivity index is 2.83. The van der Waals surface area contributed by atoms with Crippen LogP contribution in [0.1, 0.15) is 24.8 Å². The van der Waals surface area contributed by atoms with Crippen LogP contribution in [0, 0.1) is 0 Å². The largest absolute Gasteiger partial charge is 0.497 e. The number of hydrogen-bond donors (Lipinski definition) is 0. The lowest BCUT2D eigenvalue weighted by Crippen LogP contribution is -1.92. The molecule has 0 radical (unpaired) electrons. The number of ether oxygens (including phenoxy) is 1. The Bertz CT molecular complexity index is 261. The molecule has 0 aromatic heterocycles. The molecule has 0 spiro atoms. The van der Waals surface area contributed by atoms with Crippen molar-refractivity contribution >= 4 is 0 Å². The molecule has 0 aliphatic carbocycles. The Hall–Kier alpha value is -1.24. The van der Waals surface area contributed by atoms with Crippen LogP contribution in [-0.4, -0.2) is 7.11 Å². The molecule has 1 nitrogen and oxygen atoms in total. The molecular formula is C12H16O. The molecule has 1 atom stereocenters. The molecule has 1 rings (SSSR count). The molecule has 0 heterocycles. The van der Waals surface area contributed by atoms with Crippen molar-refractivity contribution in [2.75, 3.05) is 7.11 Å². The molecule has 70 valence electrons. The van der Waals surface area contributed by atoms with Gasteiger partial charge in [0.05, 0.1) is 7.11 Å². The Morgan fingerprint density at radius 2 is 2.00 bits per heavy atom. The van der Waals surface area contributed by atoms with Gasteiger partial charge in [0.15, 0.2) is 0 Å². The number of hydrogen-bond acceptors (Lipinski definition) is 1. The summed E-state index contributed by atoms with van der Waals surface area (Å²) in [6.45, 7) is 5.98. The van der Waals surface area contributed by atoms with Crippen LogP contribution in [-0.2, 0) is 0 Å². The van der Waals surface area contributed by atoms with Crippen LogP contribution in [0.2, 0.25) is 0 Å². The van der Waals surface area contributed by atoms with Gasteiger partial charge in [-0.3, -0.25) is 0 Å². The van der Waals surface area contributed by atoms with Crippen LogP contribution in [0.4, 0.5) is 0 Å². The van der Waals surface area contributed by atoms with Gasteiger partial charge in [0.25, 0.3) is 0 Å². The number of benzene rings is 1. The molecule has 0 bridgehead atoms. The summed E-state index contributed by atoms with van der Waals surface area (Å²) in [6, 6.07) is 8.16. The fraction of sp³-hybridized carbons (Fsp3) is 0.333. The second-order valence-corrected chi connectivity index (χ2v) is 3.02. The number of allylic oxidation sites excluding steroid dienone is 1. The molecule has 0 N–H and O–H groups in total. The van der Waals surface area contributed by atoms with Crippen molar-refractivity contribution in [2.45, 2.75) is 19.3 Å². The van der Waals surface area contributed by atoms with Crippen LogP contribution in [0.25, 0.3) is 0 Å². The predicted octanol–water partition coefficient (Wildman–Crippen LogP) is 3.37. The molecule has 1 aromatic carbocycles. The minimum Gasteiger partial charge on any atom is -0.497 e. The van der Waals surface area contributed by atoms with E-state index in [1.54, 1.807) is 7.11 Å². The molecule has 1 unspecified atom stereocenters. The summed E-state index contributed by atoms with van der Waals surface area (Å²) < 4.78 is 5.09. The van der Waals surface area contributed by atoms with Crippen molar-refractivity contribution in [3.63, 3.8) is 0 Å². The Kier molecular flexibility index (Phi) is 3.56. The summed E-state index contributed by atoms with van der Waals surface area (Å²) in [5.41, 5.74) is 1.30. The van der Waals surface area contributed by atoms with Crippen LogP contribution in [0.3, 0.4) is 0 Å². The Labute approximate surface area is 80.0 Å². The summed E-state index contributed by atoms with van der Waals surface area (Å²) >= 11 is 0. The van der Waals surface area contributed by atoms with Crippen LogP contribution < -0.4 is 4.74 Å². The minimum atomic E-state index is 0.464. The van der Waals surface area contributed by atoms with Crippen molar-refractivity contribution in [3.05, 3.63) is 42.5 Å². The summed E-state index contributed by atoms with van der Waals surface area (Å²) in [5, 5.41) is 0. The Morgan fingerprint density at radius 1 is 1.38 bits per heavy atom. The van der Waals surface area contributed by atoms with Gasteiger partial charge in [-0.1, -0.05) is 25.1 Å². The highest BCUT2D eigenvalue weighted by molar-refractivity contribution is 5.30. The molecule has 0 aliphatic rings. The highest BCUT2D eigenvalue weighted by atomic mass is 16.5. The molecule has 0 amide bonds. The molecule has 0 aliphatic heterocycles. The average molecular weight is 176 g/mol. The van der Waals surface area contributed by atoms with E-state index in [1.165, 1.54) is 5.56 Å². The summed E-state index contributed by atoms with van der Waals surface area (Å²) in [5.74, 6) is 1.37. The van der Waals surface area contributed by atoms with E-state index in [2.05, 4.69) is 25.6 Å². The van der Waals surface area contributed by atoms with E-state index in [-0.39, 0.29) is 0 Å². The van der Waals surface area contributed by atoms with Gasteiger partial charge in [0, 0.05) is 5.92 Å². The van der Waals surface area contributed by atoms with Gasteiger partial charge in [0.2, 0.25) is 0 Å². The fourth-order valence-corrected chi connectivity index (χ4v) is 1.39. The van der Waals surface area contributed by atoms with Crippen molar-refractivity contribution in [1.82, 2.24) is 0 Å². The fourth-order valence-electron chi connectivity index (χ4n) is 1.39. The van der Waals surface area contributed by atoms with E-state index in [0.717, 1.165) is 12.2 Å². The zero-order valence-corrected chi connectivity index (χ0v) is 8.29. The molecule has 0 saturated heterocycles. The van der Waals surface area contributed by atoms with Gasteiger partial charge < -0.3 is 4.74 Å². The maximum atomic E-state index is 5.09. The standard InChI is InChI=1S/C12H16O/c1-4-10(5-2)11-6-8-12(13-3)9-7-11/h4,6-10H,1,5H2,2-3H3. The molecule has 0 fully saturated rings. The first-order valence-corrected chi connectivity index (χ1v) is 4.58. The van der Waals surface area contributed by atoms with Gasteiger partial charge in [-0.05, 0) is 24.1 Å². The molecular weight excluding hydrogens is 160 g/mol. The molecule has 1 heteroatoms. The van der Waals surface area contributed by atoms with Crippen molar-refractivity contribution in [3.8, 4) is 5.75 Å². The maximum Gasteiger partial charge on any atom is 0.118 e. The first-order valence-electron chi connectivity index (χ1n) is 4.58. The summed E-state index contributed by atoms with van der Waals surface area (Å²) in [7, 11) is 1.68. The van der Waals surface area contributed by atoms with Crippen LogP contribution in [0.15, 0.2) is 36.9 Å². The summed E-state index contributed by atoms with van der Waals surface area (Å²) in [4.78, 5) is 0. The molecule has 0 saturated carbocycles. The number of methoxy groups -OCH3 is 1. The normalized spacial score (nSPS) is 12.2. The lowest BCUT2D eigenvalue weighted by atomic mass is 9.97. The van der Waals surface area contributed by atoms with Crippen molar-refractivity contribution in [1.29, 1.82) is 0 Å². The van der Waals surface area contributed by atoms with E-state index < -0.39 is 0 Å². The average Bonchev–Trinajstić information content (AvgIpc) is 2.21. The minimum absolute atomic E-state index is 0.464. The van der Waals surface area contributed by atoms with Crippen molar-refractivity contribution in [2.24, 2.45) is 0 Å². The van der Waals surface area contributed by atoms with Gasteiger partial charge in [0.1, 0.15) is 5.75 Å². The number of rotatable bonds is 4. The smallest absolute Gasteiger partial charge is 0.118 e. The topological polar surface area (TPSA) is 9.23 Å². The zero-order valence-electron chi connectivity index (χ0n) is 8.29. The quantitative estimate of drug-likeness (QED) is 0.639. The van der Waals surface area contributed by atoms with Gasteiger partial charge in [-0.15, -0.1) is 6.58 Å². The van der Waals surface area contributed by atoms with Crippen LogP contribution >= 0.6 is 0 Å². The lowest BCUT2D eigenvalue weighted by molar-refractivity contribution is 0.414. The third-order valence-corrected chi connectivity index (χ3v) is 2.27.